The molecule has 2 aromatic carbocycles. The van der Waals surface area contributed by atoms with Gasteiger partial charge in [0, 0.05) is 0 Å². The fourth-order valence-electron chi connectivity index (χ4n) is 2.78. The quantitative estimate of drug-likeness (QED) is 0.654. The Balaban J connectivity index is 2.46. The Labute approximate surface area is 169 Å². The summed E-state index contributed by atoms with van der Waals surface area (Å²) in [6.45, 7) is 3.66. The molecule has 0 bridgehead atoms. The first-order valence-electron chi connectivity index (χ1n) is 8.43. The van der Waals surface area contributed by atoms with E-state index < -0.39 is 21.0 Å². The van der Waals surface area contributed by atoms with Crippen LogP contribution in [0.5, 0.6) is 5.75 Å². The third-order valence-corrected chi connectivity index (χ3v) is 7.37. The number of sulfone groups is 1. The lowest BCUT2D eigenvalue weighted by Gasteiger charge is -2.17. The van der Waals surface area contributed by atoms with Crippen LogP contribution < -0.4 is 10.1 Å². The van der Waals surface area contributed by atoms with Crippen LogP contribution in [0.3, 0.4) is 0 Å². The van der Waals surface area contributed by atoms with Crippen molar-refractivity contribution in [3.63, 3.8) is 0 Å². The van der Waals surface area contributed by atoms with E-state index >= 15 is 0 Å². The van der Waals surface area contributed by atoms with Gasteiger partial charge in [-0.2, -0.15) is 0 Å². The van der Waals surface area contributed by atoms with E-state index in [1.807, 2.05) is 13.8 Å². The highest BCUT2D eigenvalue weighted by Crippen LogP contribution is 2.32. The average Bonchev–Trinajstić information content (AvgIpc) is 2.62. The molecule has 0 aliphatic heterocycles. The normalized spacial score (nSPS) is 11.5. The molecule has 8 heteroatoms. The Hall–Kier alpha value is -1.76. The number of nitrogens with one attached hydrogen (secondary N) is 1. The highest BCUT2D eigenvalue weighted by atomic mass is 35.5. The third-order valence-electron chi connectivity index (χ3n) is 4.29. The summed E-state index contributed by atoms with van der Waals surface area (Å²) in [5.74, 6) is -0.226. The maximum atomic E-state index is 12.8. The van der Waals surface area contributed by atoms with Crippen molar-refractivity contribution in [1.82, 2.24) is 0 Å². The zero-order valence-corrected chi connectivity index (χ0v) is 17.6. The average molecular weight is 430 g/mol. The van der Waals surface area contributed by atoms with E-state index in [1.54, 1.807) is 18.2 Å². The molecule has 0 atom stereocenters. The van der Waals surface area contributed by atoms with Crippen LogP contribution in [0.15, 0.2) is 41.3 Å². The van der Waals surface area contributed by atoms with E-state index in [4.69, 9.17) is 27.9 Å². The summed E-state index contributed by atoms with van der Waals surface area (Å²) >= 11 is 12.1. The van der Waals surface area contributed by atoms with Gasteiger partial charge in [0.15, 0.2) is 9.84 Å². The number of anilines is 1. The van der Waals surface area contributed by atoms with Crippen LogP contribution in [0.1, 0.15) is 37.0 Å². The van der Waals surface area contributed by atoms with Crippen molar-refractivity contribution in [2.75, 3.05) is 12.4 Å². The number of halogens is 2. The number of benzene rings is 2. The monoisotopic (exact) mass is 429 g/mol. The Kier molecular flexibility index (Phi) is 7.14. The van der Waals surface area contributed by atoms with Crippen molar-refractivity contribution in [1.29, 1.82) is 0 Å². The molecule has 0 radical (unpaired) electrons. The predicted octanol–water partition coefficient (Wildman–Crippen LogP) is 5.22. The number of rotatable bonds is 7. The van der Waals surface area contributed by atoms with Crippen molar-refractivity contribution in [2.24, 2.45) is 0 Å². The van der Waals surface area contributed by atoms with E-state index in [0.717, 1.165) is 0 Å². The summed E-state index contributed by atoms with van der Waals surface area (Å²) in [5.41, 5.74) is 0.335. The fraction of sp³-hybridized carbons (Fsp3) is 0.316. The van der Waals surface area contributed by atoms with Crippen LogP contribution in [-0.2, 0) is 9.84 Å². The zero-order chi connectivity index (χ0) is 20.2. The molecule has 0 fully saturated rings. The van der Waals surface area contributed by atoms with Gasteiger partial charge in [-0.25, -0.2) is 8.42 Å². The van der Waals surface area contributed by atoms with Crippen LogP contribution in [0, 0.1) is 0 Å². The lowest BCUT2D eigenvalue weighted by Crippen LogP contribution is -2.20. The molecule has 0 aliphatic rings. The molecule has 2 rings (SSSR count). The number of carbonyl (C=O) groups is 1. The second kappa shape index (κ2) is 8.95. The third kappa shape index (κ3) is 4.57. The van der Waals surface area contributed by atoms with Crippen LogP contribution in [-0.4, -0.2) is 26.7 Å². The Morgan fingerprint density at radius 3 is 2.22 bits per heavy atom. The lowest BCUT2D eigenvalue weighted by molar-refractivity contribution is 0.102. The summed E-state index contributed by atoms with van der Waals surface area (Å²) in [5, 5.41) is 2.54. The van der Waals surface area contributed by atoms with Gasteiger partial charge in [0.1, 0.15) is 5.75 Å². The molecule has 27 heavy (non-hydrogen) atoms. The molecule has 0 aliphatic carbocycles. The first-order valence-corrected chi connectivity index (χ1v) is 10.7. The van der Waals surface area contributed by atoms with Crippen LogP contribution in [0.25, 0.3) is 0 Å². The molecular formula is C19H21Cl2NO4S. The van der Waals surface area contributed by atoms with Crippen molar-refractivity contribution >= 4 is 44.6 Å². The Morgan fingerprint density at radius 1 is 1.11 bits per heavy atom. The molecule has 1 N–H and O–H groups in total. The maximum Gasteiger partial charge on any atom is 0.258 e. The summed E-state index contributed by atoms with van der Waals surface area (Å²) in [6, 6.07) is 9.12. The molecule has 0 saturated heterocycles. The number of hydrogen-bond acceptors (Lipinski definition) is 4. The first-order chi connectivity index (χ1) is 12.8. The zero-order valence-electron chi connectivity index (χ0n) is 15.3. The lowest BCUT2D eigenvalue weighted by atomic mass is 10.2. The minimum atomic E-state index is -3.52. The van der Waals surface area contributed by atoms with Gasteiger partial charge < -0.3 is 10.1 Å². The summed E-state index contributed by atoms with van der Waals surface area (Å²) < 4.78 is 30.9. The van der Waals surface area contributed by atoms with E-state index in [0.29, 0.717) is 18.6 Å². The van der Waals surface area contributed by atoms with Gasteiger partial charge in [0.25, 0.3) is 5.91 Å². The van der Waals surface area contributed by atoms with Gasteiger partial charge in [0.2, 0.25) is 0 Å². The van der Waals surface area contributed by atoms with Crippen molar-refractivity contribution in [2.45, 2.75) is 36.8 Å². The number of carbonyl (C=O) groups excluding carboxylic acids is 1. The predicted molar refractivity (Wildman–Crippen MR) is 109 cm³/mol. The van der Waals surface area contributed by atoms with E-state index in [-0.39, 0.29) is 26.2 Å². The van der Waals surface area contributed by atoms with Gasteiger partial charge in [-0.15, -0.1) is 0 Å². The minimum Gasteiger partial charge on any atom is -0.495 e. The molecule has 0 spiro atoms. The topological polar surface area (TPSA) is 72.5 Å². The SMILES string of the molecule is CCC(CC)S(=O)(=O)c1ccc(OC)c(NC(=O)c2c(Cl)cccc2Cl)c1. The smallest absolute Gasteiger partial charge is 0.258 e. The number of ether oxygens (including phenoxy) is 1. The molecule has 2 aromatic rings. The number of hydrogen-bond donors (Lipinski definition) is 1. The van der Waals surface area contributed by atoms with Gasteiger partial charge in [-0.1, -0.05) is 43.1 Å². The van der Waals surface area contributed by atoms with Crippen molar-refractivity contribution in [3.8, 4) is 5.75 Å². The Morgan fingerprint density at radius 2 is 1.70 bits per heavy atom. The van der Waals surface area contributed by atoms with Gasteiger partial charge >= 0.3 is 0 Å². The molecule has 0 heterocycles. The van der Waals surface area contributed by atoms with Crippen molar-refractivity contribution < 1.29 is 17.9 Å². The summed E-state index contributed by atoms with van der Waals surface area (Å²) in [6.07, 6.45) is 1.00. The second-order valence-electron chi connectivity index (χ2n) is 5.90. The molecule has 0 unspecified atom stereocenters. The largest absolute Gasteiger partial charge is 0.495 e. The molecule has 0 saturated carbocycles. The molecule has 0 aromatic heterocycles. The second-order valence-corrected chi connectivity index (χ2v) is 8.94. The molecule has 146 valence electrons. The molecule has 1 amide bonds. The fourth-order valence-corrected chi connectivity index (χ4v) is 5.15. The molecule has 5 nitrogen and oxygen atoms in total. The Bertz CT molecular complexity index is 920. The summed E-state index contributed by atoms with van der Waals surface area (Å²) in [7, 11) is -2.09. The van der Waals surface area contributed by atoms with Crippen LogP contribution in [0.2, 0.25) is 10.0 Å². The van der Waals surface area contributed by atoms with Crippen molar-refractivity contribution in [3.05, 3.63) is 52.0 Å². The first kappa shape index (κ1) is 21.5. The summed E-state index contributed by atoms with van der Waals surface area (Å²) in [4.78, 5) is 12.8. The molecular weight excluding hydrogens is 409 g/mol. The highest BCUT2D eigenvalue weighted by molar-refractivity contribution is 7.92. The number of amides is 1. The minimum absolute atomic E-state index is 0.108. The van der Waals surface area contributed by atoms with E-state index in [1.165, 1.54) is 25.3 Å². The van der Waals surface area contributed by atoms with Gasteiger partial charge in [0.05, 0.1) is 38.6 Å². The standard InChI is InChI=1S/C19H21Cl2NO4S/c1-4-12(5-2)27(24,25)13-9-10-17(26-3)16(11-13)22-19(23)18-14(20)7-6-8-15(18)21/h6-12H,4-5H2,1-3H3,(H,22,23). The van der Waals surface area contributed by atoms with Crippen LogP contribution >= 0.6 is 23.2 Å². The van der Waals surface area contributed by atoms with Gasteiger partial charge in [-0.05, 0) is 43.2 Å². The highest BCUT2D eigenvalue weighted by Gasteiger charge is 2.26. The van der Waals surface area contributed by atoms with Gasteiger partial charge in [-0.3, -0.25) is 4.79 Å². The maximum absolute atomic E-state index is 12.8. The van der Waals surface area contributed by atoms with E-state index in [2.05, 4.69) is 5.32 Å². The number of methoxy groups -OCH3 is 1. The van der Waals surface area contributed by atoms with Crippen LogP contribution in [0.4, 0.5) is 5.69 Å². The van der Waals surface area contributed by atoms with E-state index in [9.17, 15) is 13.2 Å².